The minimum atomic E-state index is 0.795. The molecule has 26 heavy (non-hydrogen) atoms. The predicted octanol–water partition coefficient (Wildman–Crippen LogP) is 6.01. The summed E-state index contributed by atoms with van der Waals surface area (Å²) < 4.78 is 6.07. The summed E-state index contributed by atoms with van der Waals surface area (Å²) in [5, 5.41) is 0. The van der Waals surface area contributed by atoms with Gasteiger partial charge >= 0.3 is 0 Å². The molecule has 0 amide bonds. The molecule has 3 rings (SSSR count). The molecule has 0 unspecified atom stereocenters. The molecule has 140 valence electrons. The van der Waals surface area contributed by atoms with Crippen LogP contribution in [-0.2, 0) is 0 Å². The summed E-state index contributed by atoms with van der Waals surface area (Å²) in [7, 11) is 0. The van der Waals surface area contributed by atoms with Crippen LogP contribution in [-0.4, -0.2) is 31.1 Å². The molecule has 0 bridgehead atoms. The van der Waals surface area contributed by atoms with Crippen molar-refractivity contribution in [1.29, 1.82) is 0 Å². The normalized spacial score (nSPS) is 16.2. The van der Waals surface area contributed by atoms with Crippen LogP contribution in [0.2, 0.25) is 0 Å². The van der Waals surface area contributed by atoms with Crippen LogP contribution in [0.5, 0.6) is 5.75 Å². The predicted molar refractivity (Wildman–Crippen MR) is 112 cm³/mol. The highest BCUT2D eigenvalue weighted by atomic mass is 16.5. The van der Waals surface area contributed by atoms with E-state index in [4.69, 9.17) is 4.74 Å². The van der Waals surface area contributed by atoms with Crippen LogP contribution in [0.3, 0.4) is 0 Å². The summed E-state index contributed by atoms with van der Waals surface area (Å²) in [5.74, 6) is 1.00. The van der Waals surface area contributed by atoms with Crippen molar-refractivity contribution in [2.75, 3.05) is 26.2 Å². The van der Waals surface area contributed by atoms with E-state index in [-0.39, 0.29) is 0 Å². The highest BCUT2D eigenvalue weighted by Gasteiger charge is 2.19. The standard InChI is InChI=1S/C24H33NO/c1-3-15-25(16-4-2)17-8-18-26-22-11-7-10-21(19-22)24-14-13-20-9-5-6-12-23(20)24/h5,7,9-11,14,19H,3-4,6,8,12-13,15-18H2,1-2H3. The molecule has 0 atom stereocenters. The Morgan fingerprint density at radius 2 is 1.92 bits per heavy atom. The summed E-state index contributed by atoms with van der Waals surface area (Å²) in [4.78, 5) is 2.55. The van der Waals surface area contributed by atoms with Gasteiger partial charge in [0.25, 0.3) is 0 Å². The number of ether oxygens (including phenoxy) is 1. The fraction of sp³-hybridized carbons (Fsp3) is 0.500. The van der Waals surface area contributed by atoms with Crippen molar-refractivity contribution in [3.63, 3.8) is 0 Å². The second kappa shape index (κ2) is 9.78. The molecule has 0 aliphatic heterocycles. The van der Waals surface area contributed by atoms with Crippen molar-refractivity contribution in [3.05, 3.63) is 59.2 Å². The van der Waals surface area contributed by atoms with Crippen LogP contribution in [0.15, 0.2) is 53.6 Å². The van der Waals surface area contributed by atoms with E-state index in [9.17, 15) is 0 Å². The van der Waals surface area contributed by atoms with Crippen molar-refractivity contribution < 1.29 is 4.74 Å². The summed E-state index contributed by atoms with van der Waals surface area (Å²) >= 11 is 0. The van der Waals surface area contributed by atoms with Gasteiger partial charge in [0.2, 0.25) is 0 Å². The third kappa shape index (κ3) is 4.88. The SMILES string of the molecule is CCCN(CCC)CCCOc1cccc(C2=CCC3=C2CCC=C3)c1. The van der Waals surface area contributed by atoms with E-state index in [1.807, 2.05) is 0 Å². The van der Waals surface area contributed by atoms with Gasteiger partial charge in [-0.25, -0.2) is 0 Å². The lowest BCUT2D eigenvalue weighted by Gasteiger charge is -2.20. The first-order valence-electron chi connectivity index (χ1n) is 10.4. The van der Waals surface area contributed by atoms with Gasteiger partial charge in [0.1, 0.15) is 5.75 Å². The van der Waals surface area contributed by atoms with Crippen LogP contribution in [0.4, 0.5) is 0 Å². The van der Waals surface area contributed by atoms with Gasteiger partial charge in [-0.15, -0.1) is 0 Å². The Kier molecular flexibility index (Phi) is 7.13. The molecular formula is C24H33NO. The number of benzene rings is 1. The van der Waals surface area contributed by atoms with E-state index in [1.54, 1.807) is 5.57 Å². The maximum absolute atomic E-state index is 6.07. The number of hydrogen-bond donors (Lipinski definition) is 0. The average molecular weight is 352 g/mol. The summed E-state index contributed by atoms with van der Waals surface area (Å²) in [6.07, 6.45) is 14.0. The molecule has 0 fully saturated rings. The largest absolute Gasteiger partial charge is 0.494 e. The smallest absolute Gasteiger partial charge is 0.119 e. The Balaban J connectivity index is 1.54. The topological polar surface area (TPSA) is 12.5 Å². The van der Waals surface area contributed by atoms with Crippen molar-refractivity contribution in [2.24, 2.45) is 0 Å². The molecule has 0 heterocycles. The van der Waals surface area contributed by atoms with Crippen LogP contribution in [0, 0.1) is 0 Å². The lowest BCUT2D eigenvalue weighted by Crippen LogP contribution is -2.27. The number of nitrogens with zero attached hydrogens (tertiary/aromatic N) is 1. The second-order valence-corrected chi connectivity index (χ2v) is 7.34. The maximum atomic E-state index is 6.07. The third-order valence-electron chi connectivity index (χ3n) is 5.23. The molecule has 2 aliphatic rings. The first-order chi connectivity index (χ1) is 12.8. The van der Waals surface area contributed by atoms with Crippen molar-refractivity contribution in [3.8, 4) is 5.75 Å². The molecule has 0 radical (unpaired) electrons. The Morgan fingerprint density at radius 1 is 1.08 bits per heavy atom. The highest BCUT2D eigenvalue weighted by molar-refractivity contribution is 5.84. The molecular weight excluding hydrogens is 318 g/mol. The fourth-order valence-electron chi connectivity index (χ4n) is 4.04. The van der Waals surface area contributed by atoms with Gasteiger partial charge in [0, 0.05) is 6.54 Å². The van der Waals surface area contributed by atoms with E-state index in [0.717, 1.165) is 31.7 Å². The molecule has 2 heteroatoms. The minimum Gasteiger partial charge on any atom is -0.494 e. The molecule has 0 N–H and O–H groups in total. The van der Waals surface area contributed by atoms with Crippen molar-refractivity contribution in [2.45, 2.75) is 52.4 Å². The van der Waals surface area contributed by atoms with E-state index >= 15 is 0 Å². The average Bonchev–Trinajstić information content (AvgIpc) is 3.10. The van der Waals surface area contributed by atoms with E-state index in [1.165, 1.54) is 55.5 Å². The van der Waals surface area contributed by atoms with Crippen LogP contribution < -0.4 is 4.74 Å². The molecule has 0 saturated heterocycles. The Labute approximate surface area is 159 Å². The third-order valence-corrected chi connectivity index (χ3v) is 5.23. The molecule has 2 nitrogen and oxygen atoms in total. The minimum absolute atomic E-state index is 0.795. The Bertz CT molecular complexity index is 677. The summed E-state index contributed by atoms with van der Waals surface area (Å²) in [6.45, 7) is 8.83. The second-order valence-electron chi connectivity index (χ2n) is 7.34. The summed E-state index contributed by atoms with van der Waals surface area (Å²) in [5.41, 5.74) is 5.78. The first kappa shape index (κ1) is 19.0. The maximum Gasteiger partial charge on any atom is 0.119 e. The lowest BCUT2D eigenvalue weighted by atomic mass is 9.92. The number of hydrogen-bond acceptors (Lipinski definition) is 2. The van der Waals surface area contributed by atoms with Crippen molar-refractivity contribution >= 4 is 5.57 Å². The van der Waals surface area contributed by atoms with Crippen LogP contribution in [0.25, 0.3) is 5.57 Å². The Hall–Kier alpha value is -1.80. The zero-order valence-corrected chi connectivity index (χ0v) is 16.5. The van der Waals surface area contributed by atoms with E-state index < -0.39 is 0 Å². The highest BCUT2D eigenvalue weighted by Crippen LogP contribution is 2.39. The summed E-state index contributed by atoms with van der Waals surface area (Å²) in [6, 6.07) is 8.65. The molecule has 0 saturated carbocycles. The van der Waals surface area contributed by atoms with E-state index in [2.05, 4.69) is 61.2 Å². The zero-order chi connectivity index (χ0) is 18.2. The quantitative estimate of drug-likeness (QED) is 0.479. The zero-order valence-electron chi connectivity index (χ0n) is 16.5. The van der Waals surface area contributed by atoms with Crippen LogP contribution in [0.1, 0.15) is 57.9 Å². The molecule has 1 aromatic carbocycles. The lowest BCUT2D eigenvalue weighted by molar-refractivity contribution is 0.234. The van der Waals surface area contributed by atoms with Gasteiger partial charge in [-0.3, -0.25) is 0 Å². The van der Waals surface area contributed by atoms with Gasteiger partial charge in [0.05, 0.1) is 6.61 Å². The van der Waals surface area contributed by atoms with Gasteiger partial charge in [-0.2, -0.15) is 0 Å². The van der Waals surface area contributed by atoms with Gasteiger partial charge in [0.15, 0.2) is 0 Å². The van der Waals surface area contributed by atoms with Crippen molar-refractivity contribution in [1.82, 2.24) is 4.90 Å². The van der Waals surface area contributed by atoms with Gasteiger partial charge in [-0.05, 0) is 86.0 Å². The van der Waals surface area contributed by atoms with Gasteiger partial charge < -0.3 is 9.64 Å². The van der Waals surface area contributed by atoms with E-state index in [0.29, 0.717) is 0 Å². The Morgan fingerprint density at radius 3 is 2.73 bits per heavy atom. The molecule has 1 aromatic rings. The number of rotatable bonds is 10. The first-order valence-corrected chi connectivity index (χ1v) is 10.4. The number of allylic oxidation sites excluding steroid dienone is 6. The monoisotopic (exact) mass is 351 g/mol. The van der Waals surface area contributed by atoms with Gasteiger partial charge in [-0.1, -0.05) is 44.2 Å². The van der Waals surface area contributed by atoms with Crippen LogP contribution >= 0.6 is 0 Å². The molecule has 2 aliphatic carbocycles. The fourth-order valence-corrected chi connectivity index (χ4v) is 4.04. The molecule has 0 spiro atoms. The molecule has 0 aromatic heterocycles.